The Hall–Kier alpha value is -1.77. The Bertz CT molecular complexity index is 354. The Kier molecular flexibility index (Phi) is 3.92. The van der Waals surface area contributed by atoms with Gasteiger partial charge >= 0.3 is 0 Å². The van der Waals surface area contributed by atoms with Crippen LogP contribution >= 0.6 is 0 Å². The van der Waals surface area contributed by atoms with Gasteiger partial charge in [-0.2, -0.15) is 0 Å². The van der Waals surface area contributed by atoms with Crippen molar-refractivity contribution in [3.63, 3.8) is 0 Å². The molecule has 0 aliphatic heterocycles. The Morgan fingerprint density at radius 1 is 1.40 bits per heavy atom. The van der Waals surface area contributed by atoms with Crippen molar-refractivity contribution in [3.8, 4) is 5.75 Å². The second-order valence-electron chi connectivity index (χ2n) is 3.36. The van der Waals surface area contributed by atoms with Crippen molar-refractivity contribution in [2.45, 2.75) is 13.5 Å². The molecule has 0 saturated heterocycles. The third-order valence-corrected chi connectivity index (χ3v) is 2.04. The molecule has 0 spiro atoms. The van der Waals surface area contributed by atoms with E-state index in [1.54, 1.807) is 42.3 Å². The van der Waals surface area contributed by atoms with Crippen LogP contribution in [0.2, 0.25) is 0 Å². The van der Waals surface area contributed by atoms with E-state index in [2.05, 4.69) is 0 Å². The molecular weight excluding hydrogens is 190 g/mol. The van der Waals surface area contributed by atoms with E-state index < -0.39 is 0 Å². The summed E-state index contributed by atoms with van der Waals surface area (Å²) in [6.45, 7) is 2.36. The van der Waals surface area contributed by atoms with Gasteiger partial charge in [-0.25, -0.2) is 0 Å². The molecule has 1 amide bonds. The van der Waals surface area contributed by atoms with Crippen LogP contribution in [0.5, 0.6) is 5.75 Å². The lowest BCUT2D eigenvalue weighted by Gasteiger charge is -2.14. The van der Waals surface area contributed by atoms with Gasteiger partial charge < -0.3 is 10.0 Å². The average Bonchev–Trinajstić information content (AvgIpc) is 2.22. The van der Waals surface area contributed by atoms with Gasteiger partial charge in [0.25, 0.3) is 0 Å². The lowest BCUT2D eigenvalue weighted by molar-refractivity contribution is -0.125. The molecule has 0 fully saturated rings. The van der Waals surface area contributed by atoms with E-state index in [-0.39, 0.29) is 11.7 Å². The molecule has 1 aromatic rings. The Morgan fingerprint density at radius 2 is 2.00 bits per heavy atom. The van der Waals surface area contributed by atoms with Crippen LogP contribution < -0.4 is 0 Å². The molecule has 0 bridgehead atoms. The second-order valence-corrected chi connectivity index (χ2v) is 3.36. The van der Waals surface area contributed by atoms with Crippen LogP contribution in [0.4, 0.5) is 0 Å². The minimum atomic E-state index is -0.0226. The maximum atomic E-state index is 11.4. The summed E-state index contributed by atoms with van der Waals surface area (Å²) in [5.74, 6) is 0.215. The number of carbonyl (C=O) groups is 1. The summed E-state index contributed by atoms with van der Waals surface area (Å²) < 4.78 is 0. The second kappa shape index (κ2) is 5.20. The molecule has 0 atom stereocenters. The normalized spacial score (nSPS) is 10.5. The zero-order valence-corrected chi connectivity index (χ0v) is 8.97. The van der Waals surface area contributed by atoms with Gasteiger partial charge in [-0.3, -0.25) is 4.79 Å². The van der Waals surface area contributed by atoms with Crippen LogP contribution in [0.25, 0.3) is 0 Å². The highest BCUT2D eigenvalue weighted by Crippen LogP contribution is 2.11. The lowest BCUT2D eigenvalue weighted by Crippen LogP contribution is -2.23. The first-order valence-corrected chi connectivity index (χ1v) is 4.79. The predicted octanol–water partition coefficient (Wildman–Crippen LogP) is 1.93. The highest BCUT2D eigenvalue weighted by molar-refractivity contribution is 5.87. The number of rotatable bonds is 3. The van der Waals surface area contributed by atoms with Crippen LogP contribution in [0.1, 0.15) is 12.5 Å². The van der Waals surface area contributed by atoms with E-state index in [9.17, 15) is 4.79 Å². The van der Waals surface area contributed by atoms with E-state index in [0.29, 0.717) is 6.54 Å². The van der Waals surface area contributed by atoms with Crippen molar-refractivity contribution in [2.75, 3.05) is 7.05 Å². The first kappa shape index (κ1) is 11.3. The SMILES string of the molecule is CC=CC(=O)N(C)Cc1ccc(O)cc1. The monoisotopic (exact) mass is 205 g/mol. The summed E-state index contributed by atoms with van der Waals surface area (Å²) in [5, 5.41) is 9.09. The molecule has 0 aliphatic rings. The zero-order valence-electron chi connectivity index (χ0n) is 8.97. The van der Waals surface area contributed by atoms with E-state index in [0.717, 1.165) is 5.56 Å². The molecule has 0 aromatic heterocycles. The van der Waals surface area contributed by atoms with Gasteiger partial charge in [-0.15, -0.1) is 0 Å². The summed E-state index contributed by atoms with van der Waals surface area (Å²) in [5.41, 5.74) is 0.994. The number of benzene rings is 1. The molecule has 1 N–H and O–H groups in total. The molecule has 0 radical (unpaired) electrons. The first-order chi connectivity index (χ1) is 7.13. The molecule has 1 aromatic carbocycles. The molecular formula is C12H15NO2. The van der Waals surface area contributed by atoms with Crippen molar-refractivity contribution in [1.82, 2.24) is 4.90 Å². The van der Waals surface area contributed by atoms with Gasteiger partial charge in [0, 0.05) is 13.6 Å². The number of phenols is 1. The smallest absolute Gasteiger partial charge is 0.246 e. The third-order valence-electron chi connectivity index (χ3n) is 2.04. The molecule has 0 aliphatic carbocycles. The summed E-state index contributed by atoms with van der Waals surface area (Å²) in [6.07, 6.45) is 3.25. The standard InChI is InChI=1S/C12H15NO2/c1-3-4-12(15)13(2)9-10-5-7-11(14)8-6-10/h3-8,14H,9H2,1-2H3. The molecule has 0 unspecified atom stereocenters. The number of hydrogen-bond acceptors (Lipinski definition) is 2. The van der Waals surface area contributed by atoms with Crippen LogP contribution in [0.3, 0.4) is 0 Å². The maximum absolute atomic E-state index is 11.4. The van der Waals surface area contributed by atoms with Crippen LogP contribution in [-0.4, -0.2) is 23.0 Å². The van der Waals surface area contributed by atoms with Crippen LogP contribution in [0, 0.1) is 0 Å². The van der Waals surface area contributed by atoms with Gasteiger partial charge in [0.1, 0.15) is 5.75 Å². The molecule has 80 valence electrons. The number of likely N-dealkylation sites (N-methyl/N-ethyl adjacent to an activating group) is 1. The fourth-order valence-corrected chi connectivity index (χ4v) is 1.22. The van der Waals surface area contributed by atoms with Crippen molar-refractivity contribution in [1.29, 1.82) is 0 Å². The number of phenolic OH excluding ortho intramolecular Hbond substituents is 1. The molecule has 0 heterocycles. The number of hydrogen-bond donors (Lipinski definition) is 1. The van der Waals surface area contributed by atoms with Gasteiger partial charge in [-0.05, 0) is 30.7 Å². The molecule has 3 heteroatoms. The topological polar surface area (TPSA) is 40.5 Å². The zero-order chi connectivity index (χ0) is 11.3. The predicted molar refractivity (Wildman–Crippen MR) is 59.4 cm³/mol. The summed E-state index contributed by atoms with van der Waals surface area (Å²) in [6, 6.07) is 6.83. The number of allylic oxidation sites excluding steroid dienone is 1. The van der Waals surface area contributed by atoms with Gasteiger partial charge in [-0.1, -0.05) is 18.2 Å². The van der Waals surface area contributed by atoms with Crippen LogP contribution in [-0.2, 0) is 11.3 Å². The lowest BCUT2D eigenvalue weighted by atomic mass is 10.2. The summed E-state index contributed by atoms with van der Waals surface area (Å²) in [4.78, 5) is 13.0. The first-order valence-electron chi connectivity index (χ1n) is 4.79. The summed E-state index contributed by atoms with van der Waals surface area (Å²) in [7, 11) is 1.75. The fourth-order valence-electron chi connectivity index (χ4n) is 1.22. The maximum Gasteiger partial charge on any atom is 0.246 e. The van der Waals surface area contributed by atoms with Crippen molar-refractivity contribution < 1.29 is 9.90 Å². The summed E-state index contributed by atoms with van der Waals surface area (Å²) >= 11 is 0. The average molecular weight is 205 g/mol. The highest BCUT2D eigenvalue weighted by Gasteiger charge is 2.04. The van der Waals surface area contributed by atoms with Crippen molar-refractivity contribution >= 4 is 5.91 Å². The quantitative estimate of drug-likeness (QED) is 0.766. The minimum absolute atomic E-state index is 0.0226. The highest BCUT2D eigenvalue weighted by atomic mass is 16.3. The van der Waals surface area contributed by atoms with Crippen molar-refractivity contribution in [3.05, 3.63) is 42.0 Å². The molecule has 1 rings (SSSR count). The number of nitrogens with zero attached hydrogens (tertiary/aromatic N) is 1. The minimum Gasteiger partial charge on any atom is -0.508 e. The van der Waals surface area contributed by atoms with Crippen molar-refractivity contribution in [2.24, 2.45) is 0 Å². The third kappa shape index (κ3) is 3.46. The Balaban J connectivity index is 2.62. The molecule has 0 saturated carbocycles. The molecule has 3 nitrogen and oxygen atoms in total. The van der Waals surface area contributed by atoms with Gasteiger partial charge in [0.15, 0.2) is 0 Å². The van der Waals surface area contributed by atoms with Gasteiger partial charge in [0.2, 0.25) is 5.91 Å². The van der Waals surface area contributed by atoms with Gasteiger partial charge in [0.05, 0.1) is 0 Å². The Labute approximate surface area is 89.6 Å². The fraction of sp³-hybridized carbons (Fsp3) is 0.250. The number of aromatic hydroxyl groups is 1. The molecule has 15 heavy (non-hydrogen) atoms. The number of amides is 1. The Morgan fingerprint density at radius 3 is 2.53 bits per heavy atom. The van der Waals surface area contributed by atoms with Crippen LogP contribution in [0.15, 0.2) is 36.4 Å². The van der Waals surface area contributed by atoms with E-state index in [1.165, 1.54) is 6.08 Å². The largest absolute Gasteiger partial charge is 0.508 e. The van der Waals surface area contributed by atoms with E-state index >= 15 is 0 Å². The number of carbonyl (C=O) groups excluding carboxylic acids is 1. The van der Waals surface area contributed by atoms with E-state index in [1.807, 2.05) is 6.92 Å². The van der Waals surface area contributed by atoms with E-state index in [4.69, 9.17) is 5.11 Å².